The minimum atomic E-state index is -1.42. The summed E-state index contributed by atoms with van der Waals surface area (Å²) in [6, 6.07) is 26.5. The molecular weight excluding hydrogens is 920 g/mol. The lowest BCUT2D eigenvalue weighted by Gasteiger charge is -2.60. The molecule has 0 bridgehead atoms. The van der Waals surface area contributed by atoms with Gasteiger partial charge in [0, 0.05) is 56.1 Å². The fourth-order valence-corrected chi connectivity index (χ4v) is 12.1. The van der Waals surface area contributed by atoms with Crippen molar-refractivity contribution in [3.63, 3.8) is 0 Å². The Balaban J connectivity index is 1.28. The average molecular weight is 1000 g/mol. The average Bonchev–Trinajstić information content (AvgIpc) is 3.42. The van der Waals surface area contributed by atoms with Crippen LogP contribution in [0, 0.1) is 23.6 Å². The van der Waals surface area contributed by atoms with E-state index in [0.29, 0.717) is 55.9 Å². The van der Waals surface area contributed by atoms with Crippen LogP contribution in [-0.2, 0) is 32.3 Å². The first kappa shape index (κ1) is 54.2. The van der Waals surface area contributed by atoms with Gasteiger partial charge < -0.3 is 38.9 Å². The largest absolute Gasteiger partial charge is 0.489 e. The van der Waals surface area contributed by atoms with Gasteiger partial charge in [-0.25, -0.2) is 4.39 Å². The molecule has 2 fully saturated rings. The highest BCUT2D eigenvalue weighted by molar-refractivity contribution is 6.03. The molecule has 2 aliphatic carbocycles. The number of benzene rings is 4. The highest BCUT2D eigenvalue weighted by Crippen LogP contribution is 2.62. The summed E-state index contributed by atoms with van der Waals surface area (Å²) in [4.78, 5) is 24.1. The number of aliphatic hydroxyl groups excluding tert-OH is 2. The van der Waals surface area contributed by atoms with Gasteiger partial charge in [-0.1, -0.05) is 149 Å². The zero-order valence-corrected chi connectivity index (χ0v) is 43.4. The SMILES string of the molecule is C=CCOC12Oc3ccc(OCc4ccccc4F)cc3C3C(CCCCO)C(CCCCO)C=C(C(=NOC4CCCCO4)CC1N(Cc1cccc4ccccc14)C(=O)CCCCCCCCCCC)C32. The van der Waals surface area contributed by atoms with Crippen molar-refractivity contribution in [3.8, 4) is 11.5 Å². The molecule has 0 radical (unpaired) electrons. The van der Waals surface area contributed by atoms with Crippen LogP contribution in [-0.4, -0.2) is 71.3 Å². The zero-order chi connectivity index (χ0) is 50.8. The summed E-state index contributed by atoms with van der Waals surface area (Å²) in [5, 5.41) is 27.5. The van der Waals surface area contributed by atoms with Gasteiger partial charge in [0.05, 0.1) is 24.8 Å². The first-order valence-corrected chi connectivity index (χ1v) is 27.9. The van der Waals surface area contributed by atoms with E-state index < -0.39 is 24.0 Å². The molecule has 1 saturated carbocycles. The summed E-state index contributed by atoms with van der Waals surface area (Å²) < 4.78 is 42.4. The number of nitrogens with zero attached hydrogens (tertiary/aromatic N) is 2. The molecule has 2 N–H and O–H groups in total. The molecule has 7 atom stereocenters. The van der Waals surface area contributed by atoms with E-state index in [9.17, 15) is 14.6 Å². The van der Waals surface area contributed by atoms with Crippen molar-refractivity contribution < 1.29 is 43.2 Å². The van der Waals surface area contributed by atoms with Crippen molar-refractivity contribution in [2.75, 3.05) is 26.4 Å². The van der Waals surface area contributed by atoms with Crippen molar-refractivity contribution in [2.24, 2.45) is 22.9 Å². The number of halogens is 1. The Morgan fingerprint density at radius 3 is 2.37 bits per heavy atom. The molecule has 394 valence electrons. The summed E-state index contributed by atoms with van der Waals surface area (Å²) in [5.41, 5.74) is 4.14. The Bertz CT molecular complexity index is 2450. The number of carbonyl (C=O) groups excluding carboxylic acids is 1. The number of hydrogen-bond acceptors (Lipinski definition) is 9. The maximum Gasteiger partial charge on any atom is 0.239 e. The number of ether oxygens (including phenoxy) is 4. The van der Waals surface area contributed by atoms with Gasteiger partial charge in [-0.15, -0.1) is 6.58 Å². The van der Waals surface area contributed by atoms with Crippen LogP contribution in [0.2, 0.25) is 0 Å². The topological polar surface area (TPSA) is 119 Å². The molecule has 1 saturated heterocycles. The number of aliphatic hydroxyl groups is 2. The van der Waals surface area contributed by atoms with Crippen molar-refractivity contribution >= 4 is 22.4 Å². The van der Waals surface area contributed by atoms with Gasteiger partial charge in [0.15, 0.2) is 0 Å². The van der Waals surface area contributed by atoms with E-state index in [0.717, 1.165) is 97.4 Å². The standard InChI is InChI=1S/C62H81FN2O8/c1-3-5-6-7-8-9-10-11-12-32-58(68)65(43-47-28-23-27-45-24-13-15-29-50(45)47)57-42-55(64-73-59-33-19-22-39-69-59)52-40-46(25-17-20-36-66)51(30-18-21-37-67)60-53-41-49(70-44-48-26-14-16-31-54(48)63)34-35-56(53)72-62(57,61(52)60)71-38-4-2/h4,13-16,23-24,26-29,31,34-35,40-41,46,51,57,59-61,66-67H,2-3,5-12,17-22,25,30,32-33,36-39,42-44H2,1H3. The van der Waals surface area contributed by atoms with Gasteiger partial charge in [0.1, 0.15) is 30.0 Å². The Labute approximate surface area is 434 Å². The lowest BCUT2D eigenvalue weighted by Crippen LogP contribution is -2.70. The number of hydrogen-bond donors (Lipinski definition) is 2. The first-order chi connectivity index (χ1) is 35.9. The Morgan fingerprint density at radius 1 is 0.863 bits per heavy atom. The summed E-state index contributed by atoms with van der Waals surface area (Å²) >= 11 is 0. The third-order valence-corrected chi connectivity index (χ3v) is 15.8. The molecule has 4 aromatic rings. The maximum atomic E-state index is 15.6. The summed E-state index contributed by atoms with van der Waals surface area (Å²) in [6.07, 6.45) is 21.8. The van der Waals surface area contributed by atoms with Crippen LogP contribution in [0.5, 0.6) is 11.5 Å². The van der Waals surface area contributed by atoms with Gasteiger partial charge in [0.2, 0.25) is 18.0 Å². The van der Waals surface area contributed by atoms with Gasteiger partial charge in [-0.2, -0.15) is 0 Å². The highest BCUT2D eigenvalue weighted by Gasteiger charge is 2.65. The van der Waals surface area contributed by atoms with E-state index in [1.807, 2.05) is 29.2 Å². The molecule has 0 aromatic heterocycles. The number of allylic oxidation sites excluding steroid dienone is 1. The van der Waals surface area contributed by atoms with Crippen LogP contribution in [0.15, 0.2) is 114 Å². The molecule has 2 heterocycles. The molecule has 8 rings (SSSR count). The Kier molecular flexibility index (Phi) is 20.4. The molecule has 4 aliphatic rings. The molecule has 7 unspecified atom stereocenters. The predicted molar refractivity (Wildman–Crippen MR) is 287 cm³/mol. The lowest BCUT2D eigenvalue weighted by molar-refractivity contribution is -0.258. The van der Waals surface area contributed by atoms with Crippen LogP contribution >= 0.6 is 0 Å². The second kappa shape index (κ2) is 27.5. The maximum absolute atomic E-state index is 15.6. The lowest BCUT2D eigenvalue weighted by atomic mass is 9.55. The van der Waals surface area contributed by atoms with Crippen LogP contribution in [0.25, 0.3) is 10.8 Å². The Hall–Kier alpha value is -5.07. The number of oxime groups is 1. The number of fused-ring (bicyclic) bond motifs is 3. The van der Waals surface area contributed by atoms with Crippen molar-refractivity contribution in [1.82, 2.24) is 4.90 Å². The minimum Gasteiger partial charge on any atom is -0.489 e. The number of rotatable bonds is 29. The van der Waals surface area contributed by atoms with Crippen LogP contribution in [0.4, 0.5) is 4.39 Å². The number of amides is 1. The van der Waals surface area contributed by atoms with Gasteiger partial charge >= 0.3 is 0 Å². The van der Waals surface area contributed by atoms with E-state index >= 15 is 4.79 Å². The molecule has 10 nitrogen and oxygen atoms in total. The summed E-state index contributed by atoms with van der Waals surface area (Å²) in [5.74, 6) is -1.13. The van der Waals surface area contributed by atoms with Gasteiger partial charge in [-0.3, -0.25) is 4.79 Å². The molecule has 73 heavy (non-hydrogen) atoms. The molecule has 2 aliphatic heterocycles. The summed E-state index contributed by atoms with van der Waals surface area (Å²) in [7, 11) is 0. The molecule has 4 aromatic carbocycles. The Morgan fingerprint density at radius 2 is 1.60 bits per heavy atom. The number of carbonyl (C=O) groups is 1. The fraction of sp³-hybridized carbons (Fsp3) is 0.548. The van der Waals surface area contributed by atoms with E-state index in [1.165, 1.54) is 44.6 Å². The van der Waals surface area contributed by atoms with Gasteiger partial charge in [-0.05, 0) is 103 Å². The zero-order valence-electron chi connectivity index (χ0n) is 43.4. The normalized spacial score (nSPS) is 23.8. The minimum absolute atomic E-state index is 0.0296. The van der Waals surface area contributed by atoms with Gasteiger partial charge in [0.25, 0.3) is 0 Å². The monoisotopic (exact) mass is 1000 g/mol. The fourth-order valence-electron chi connectivity index (χ4n) is 12.1. The predicted octanol–water partition coefficient (Wildman–Crippen LogP) is 13.7. The molecule has 11 heteroatoms. The molecule has 0 spiro atoms. The van der Waals surface area contributed by atoms with Crippen LogP contribution in [0.3, 0.4) is 0 Å². The smallest absolute Gasteiger partial charge is 0.239 e. The third kappa shape index (κ3) is 13.4. The van der Waals surface area contributed by atoms with E-state index in [2.05, 4.69) is 62.0 Å². The number of unbranched alkanes of at least 4 members (excludes halogenated alkanes) is 10. The van der Waals surface area contributed by atoms with Crippen LogP contribution in [0.1, 0.15) is 158 Å². The van der Waals surface area contributed by atoms with Crippen molar-refractivity contribution in [2.45, 2.75) is 173 Å². The second-order valence-corrected chi connectivity index (χ2v) is 20.8. The molecule has 1 amide bonds. The second-order valence-electron chi connectivity index (χ2n) is 20.8. The van der Waals surface area contributed by atoms with E-state index in [-0.39, 0.29) is 55.9 Å². The van der Waals surface area contributed by atoms with E-state index in [1.54, 1.807) is 18.2 Å². The van der Waals surface area contributed by atoms with Crippen LogP contribution < -0.4 is 9.47 Å². The van der Waals surface area contributed by atoms with E-state index in [4.69, 9.17) is 28.9 Å². The summed E-state index contributed by atoms with van der Waals surface area (Å²) in [6.45, 7) is 7.71. The first-order valence-electron chi connectivity index (χ1n) is 27.9. The molecular formula is C62H81FN2O8. The third-order valence-electron chi connectivity index (χ3n) is 15.8. The van der Waals surface area contributed by atoms with Crippen molar-refractivity contribution in [3.05, 3.63) is 132 Å². The van der Waals surface area contributed by atoms with Crippen molar-refractivity contribution in [1.29, 1.82) is 0 Å². The highest BCUT2D eigenvalue weighted by atomic mass is 19.1. The quantitative estimate of drug-likeness (QED) is 0.0314.